The van der Waals surface area contributed by atoms with E-state index < -0.39 is 0 Å². The summed E-state index contributed by atoms with van der Waals surface area (Å²) in [6.45, 7) is 7.71. The van der Waals surface area contributed by atoms with Gasteiger partial charge in [-0.2, -0.15) is 16.9 Å². The maximum Gasteiger partial charge on any atom is 0.191 e. The molecule has 2 aromatic rings. The summed E-state index contributed by atoms with van der Waals surface area (Å²) in [5, 5.41) is 11.2. The standard InChI is InChI=1S/C20H29N5S/c1-3-21-19(23-16-20(2)10-6-13-26-20)22-14-17-8-4-5-9-18(17)15-25-12-7-11-24-25/h4-5,7-9,11-12H,3,6,10,13-16H2,1-2H3,(H2,21,22,23). The van der Waals surface area contributed by atoms with Gasteiger partial charge in [0.05, 0.1) is 13.1 Å². The molecule has 1 unspecified atom stereocenters. The number of rotatable bonds is 7. The van der Waals surface area contributed by atoms with Crippen molar-refractivity contribution in [3.63, 3.8) is 0 Å². The molecule has 5 nitrogen and oxygen atoms in total. The Labute approximate surface area is 160 Å². The summed E-state index contributed by atoms with van der Waals surface area (Å²) in [5.74, 6) is 2.17. The van der Waals surface area contributed by atoms with Gasteiger partial charge in [-0.05, 0) is 49.6 Å². The number of nitrogens with zero attached hydrogens (tertiary/aromatic N) is 3. The third-order valence-electron chi connectivity index (χ3n) is 4.69. The van der Waals surface area contributed by atoms with Crippen molar-refractivity contribution in [2.45, 2.75) is 44.5 Å². The molecule has 1 aromatic carbocycles. The van der Waals surface area contributed by atoms with Crippen LogP contribution in [0.3, 0.4) is 0 Å². The number of aliphatic imine (C=N–C) groups is 1. The Kier molecular flexibility index (Phi) is 6.61. The zero-order chi connectivity index (χ0) is 18.2. The number of hydrogen-bond acceptors (Lipinski definition) is 3. The molecule has 0 amide bonds. The number of guanidine groups is 1. The molecule has 0 saturated carbocycles. The van der Waals surface area contributed by atoms with Gasteiger partial charge in [-0.3, -0.25) is 4.68 Å². The molecule has 1 saturated heterocycles. The van der Waals surface area contributed by atoms with E-state index in [-0.39, 0.29) is 0 Å². The van der Waals surface area contributed by atoms with Crippen molar-refractivity contribution in [3.05, 3.63) is 53.9 Å². The summed E-state index contributed by atoms with van der Waals surface area (Å²) in [5.41, 5.74) is 2.50. The van der Waals surface area contributed by atoms with E-state index in [1.165, 1.54) is 29.7 Å². The summed E-state index contributed by atoms with van der Waals surface area (Å²) < 4.78 is 2.28. The van der Waals surface area contributed by atoms with Crippen LogP contribution in [-0.4, -0.2) is 39.3 Å². The molecule has 1 aliphatic rings. The van der Waals surface area contributed by atoms with Gasteiger partial charge in [-0.15, -0.1) is 0 Å². The lowest BCUT2D eigenvalue weighted by Crippen LogP contribution is -2.43. The van der Waals surface area contributed by atoms with Gasteiger partial charge in [0.2, 0.25) is 0 Å². The first kappa shape index (κ1) is 18.8. The summed E-state index contributed by atoms with van der Waals surface area (Å²) in [4.78, 5) is 4.82. The van der Waals surface area contributed by atoms with E-state index in [9.17, 15) is 0 Å². The third kappa shape index (κ3) is 5.27. The predicted molar refractivity (Wildman–Crippen MR) is 111 cm³/mol. The SMILES string of the molecule is CCNC(=NCc1ccccc1Cn1cccn1)NCC1(C)CCCS1. The molecule has 3 rings (SSSR count). The smallest absolute Gasteiger partial charge is 0.191 e. The van der Waals surface area contributed by atoms with Crippen molar-refractivity contribution in [2.75, 3.05) is 18.8 Å². The monoisotopic (exact) mass is 371 g/mol. The molecule has 26 heavy (non-hydrogen) atoms. The highest BCUT2D eigenvalue weighted by Crippen LogP contribution is 2.36. The second kappa shape index (κ2) is 9.12. The molecule has 0 spiro atoms. The van der Waals surface area contributed by atoms with Gasteiger partial charge in [-0.1, -0.05) is 24.3 Å². The molecule has 140 valence electrons. The highest BCUT2D eigenvalue weighted by atomic mass is 32.2. The Hall–Kier alpha value is -1.95. The van der Waals surface area contributed by atoms with Crippen LogP contribution in [0.15, 0.2) is 47.7 Å². The van der Waals surface area contributed by atoms with Gasteiger partial charge in [0.15, 0.2) is 5.96 Å². The van der Waals surface area contributed by atoms with E-state index in [0.717, 1.165) is 25.6 Å². The second-order valence-corrected chi connectivity index (χ2v) is 8.61. The zero-order valence-electron chi connectivity index (χ0n) is 15.7. The van der Waals surface area contributed by atoms with Crippen LogP contribution in [0.5, 0.6) is 0 Å². The van der Waals surface area contributed by atoms with Crippen LogP contribution >= 0.6 is 11.8 Å². The lowest BCUT2D eigenvalue weighted by atomic mass is 10.1. The molecule has 2 heterocycles. The number of benzene rings is 1. The largest absolute Gasteiger partial charge is 0.357 e. The average molecular weight is 372 g/mol. The van der Waals surface area contributed by atoms with Crippen molar-refractivity contribution in [2.24, 2.45) is 4.99 Å². The van der Waals surface area contributed by atoms with Crippen LogP contribution in [0.25, 0.3) is 0 Å². The maximum atomic E-state index is 4.82. The second-order valence-electron chi connectivity index (χ2n) is 6.92. The zero-order valence-corrected chi connectivity index (χ0v) is 16.6. The molecule has 0 bridgehead atoms. The fourth-order valence-electron chi connectivity index (χ4n) is 3.19. The first-order valence-corrected chi connectivity index (χ1v) is 10.4. The van der Waals surface area contributed by atoms with Gasteiger partial charge < -0.3 is 10.6 Å². The number of nitrogens with one attached hydrogen (secondary N) is 2. The van der Waals surface area contributed by atoms with E-state index in [4.69, 9.17) is 4.99 Å². The fourth-order valence-corrected chi connectivity index (χ4v) is 4.43. The van der Waals surface area contributed by atoms with Crippen molar-refractivity contribution in [1.82, 2.24) is 20.4 Å². The first-order chi connectivity index (χ1) is 12.7. The van der Waals surface area contributed by atoms with Gasteiger partial charge in [-0.25, -0.2) is 4.99 Å². The van der Waals surface area contributed by atoms with Crippen molar-refractivity contribution < 1.29 is 0 Å². The average Bonchev–Trinajstić information content (AvgIpc) is 3.31. The molecule has 1 fully saturated rings. The van der Waals surface area contributed by atoms with Gasteiger partial charge >= 0.3 is 0 Å². The molecule has 0 aliphatic carbocycles. The Balaban J connectivity index is 1.65. The van der Waals surface area contributed by atoms with E-state index >= 15 is 0 Å². The first-order valence-electron chi connectivity index (χ1n) is 9.39. The minimum absolute atomic E-state index is 0.328. The Bertz CT molecular complexity index is 705. The Morgan fingerprint density at radius 3 is 2.81 bits per heavy atom. The summed E-state index contributed by atoms with van der Waals surface area (Å²) >= 11 is 2.07. The van der Waals surface area contributed by atoms with Gasteiger partial charge in [0, 0.05) is 30.2 Å². The van der Waals surface area contributed by atoms with Gasteiger partial charge in [0.25, 0.3) is 0 Å². The topological polar surface area (TPSA) is 54.2 Å². The van der Waals surface area contributed by atoms with Gasteiger partial charge in [0.1, 0.15) is 0 Å². The molecular weight excluding hydrogens is 342 g/mol. The number of thioether (sulfide) groups is 1. The lowest BCUT2D eigenvalue weighted by Gasteiger charge is -2.24. The highest BCUT2D eigenvalue weighted by Gasteiger charge is 2.29. The number of hydrogen-bond donors (Lipinski definition) is 2. The molecule has 1 aromatic heterocycles. The van der Waals surface area contributed by atoms with Crippen LogP contribution < -0.4 is 10.6 Å². The van der Waals surface area contributed by atoms with Crippen LogP contribution in [0.2, 0.25) is 0 Å². The fraction of sp³-hybridized carbons (Fsp3) is 0.500. The quantitative estimate of drug-likeness (QED) is 0.579. The summed E-state index contributed by atoms with van der Waals surface area (Å²) in [6, 6.07) is 10.4. The van der Waals surface area contributed by atoms with Crippen molar-refractivity contribution in [1.29, 1.82) is 0 Å². The van der Waals surface area contributed by atoms with Crippen molar-refractivity contribution >= 4 is 17.7 Å². The van der Waals surface area contributed by atoms with Crippen LogP contribution in [-0.2, 0) is 13.1 Å². The molecular formula is C20H29N5S. The number of aromatic nitrogens is 2. The predicted octanol–water partition coefficient (Wildman–Crippen LogP) is 3.27. The van der Waals surface area contributed by atoms with Crippen LogP contribution in [0.4, 0.5) is 0 Å². The molecule has 2 N–H and O–H groups in total. The molecule has 1 aliphatic heterocycles. The molecule has 0 radical (unpaired) electrons. The summed E-state index contributed by atoms with van der Waals surface area (Å²) in [6.07, 6.45) is 6.40. The summed E-state index contributed by atoms with van der Waals surface area (Å²) in [7, 11) is 0. The van der Waals surface area contributed by atoms with E-state index in [1.807, 2.05) is 23.1 Å². The molecule has 1 atom stereocenters. The van der Waals surface area contributed by atoms with E-state index in [2.05, 4.69) is 65.6 Å². The molecule has 6 heteroatoms. The highest BCUT2D eigenvalue weighted by molar-refractivity contribution is 8.00. The normalized spacial score (nSPS) is 20.3. The van der Waals surface area contributed by atoms with E-state index in [0.29, 0.717) is 11.3 Å². The lowest BCUT2D eigenvalue weighted by molar-refractivity contribution is 0.584. The minimum Gasteiger partial charge on any atom is -0.357 e. The van der Waals surface area contributed by atoms with E-state index in [1.54, 1.807) is 0 Å². The Morgan fingerprint density at radius 1 is 1.27 bits per heavy atom. The van der Waals surface area contributed by atoms with Crippen molar-refractivity contribution in [3.8, 4) is 0 Å². The third-order valence-corrected chi connectivity index (χ3v) is 6.23. The van der Waals surface area contributed by atoms with Crippen LogP contribution in [0, 0.1) is 0 Å². The maximum absolute atomic E-state index is 4.82. The minimum atomic E-state index is 0.328. The Morgan fingerprint density at radius 2 is 2.12 bits per heavy atom. The van der Waals surface area contributed by atoms with Crippen LogP contribution in [0.1, 0.15) is 37.8 Å².